The second kappa shape index (κ2) is 14.0. The maximum atomic E-state index is 13.3. The van der Waals surface area contributed by atoms with Crippen LogP contribution in [0.2, 0.25) is 10.0 Å². The molecule has 7 nitrogen and oxygen atoms in total. The van der Waals surface area contributed by atoms with E-state index in [0.717, 1.165) is 38.5 Å². The fraction of sp³-hybridized carbons (Fsp3) is 0.567. The van der Waals surface area contributed by atoms with Crippen LogP contribution in [0.25, 0.3) is 0 Å². The van der Waals surface area contributed by atoms with Gasteiger partial charge in [-0.25, -0.2) is 8.42 Å². The first-order valence-electron chi connectivity index (χ1n) is 14.1. The highest BCUT2D eigenvalue weighted by molar-refractivity contribution is 7.89. The van der Waals surface area contributed by atoms with E-state index in [1.807, 2.05) is 6.07 Å². The summed E-state index contributed by atoms with van der Waals surface area (Å²) in [5.41, 5.74) is 1.33. The molecule has 2 aliphatic rings. The number of hydrogen-bond acceptors (Lipinski definition) is 5. The van der Waals surface area contributed by atoms with Gasteiger partial charge in [0.2, 0.25) is 15.9 Å². The van der Waals surface area contributed by atoms with Crippen molar-refractivity contribution in [2.45, 2.75) is 80.5 Å². The molecule has 10 heteroatoms. The summed E-state index contributed by atoms with van der Waals surface area (Å²) in [5.74, 6) is 0.396. The van der Waals surface area contributed by atoms with E-state index in [4.69, 9.17) is 27.9 Å². The van der Waals surface area contributed by atoms with E-state index >= 15 is 0 Å². The van der Waals surface area contributed by atoms with Gasteiger partial charge in [0.15, 0.2) is 0 Å². The zero-order valence-electron chi connectivity index (χ0n) is 23.6. The fourth-order valence-electron chi connectivity index (χ4n) is 6.34. The molecule has 0 bridgehead atoms. The molecular weight excluding hydrogens is 569 g/mol. The zero-order valence-corrected chi connectivity index (χ0v) is 25.9. The van der Waals surface area contributed by atoms with E-state index in [2.05, 4.69) is 48.6 Å². The maximum absolute atomic E-state index is 13.3. The highest BCUT2D eigenvalue weighted by Crippen LogP contribution is 2.37. The standard InChI is InChI=1S/C30H41Cl2N3O4S/c1-34(2)30(21-9-5-4-6-10-21)22-13-15-23(16-14-22)33-29(36)20-39-28-12-8-7-11-27(28)35(3)40(37,38)24-17-18-25(31)26(32)19-24/h4-6,9-10,17-19,22-23,27-28,30H,7-8,11-16,20H2,1-3H3,(H,33,36). The van der Waals surface area contributed by atoms with Gasteiger partial charge in [0.25, 0.3) is 0 Å². The van der Waals surface area contributed by atoms with Crippen LogP contribution in [0, 0.1) is 5.92 Å². The molecule has 2 saturated carbocycles. The minimum absolute atomic E-state index is 0.0773. The summed E-state index contributed by atoms with van der Waals surface area (Å²) in [6, 6.07) is 15.1. The van der Waals surface area contributed by atoms with Crippen molar-refractivity contribution in [2.75, 3.05) is 27.7 Å². The molecule has 3 unspecified atom stereocenters. The normalized spacial score (nSPS) is 24.7. The number of halogens is 2. The Labute approximate surface area is 249 Å². The molecule has 1 amide bonds. The Kier molecular flexibility index (Phi) is 10.9. The van der Waals surface area contributed by atoms with Gasteiger partial charge in [-0.3, -0.25) is 4.79 Å². The lowest BCUT2D eigenvalue weighted by molar-refractivity contribution is -0.130. The number of amides is 1. The summed E-state index contributed by atoms with van der Waals surface area (Å²) in [6.07, 6.45) is 6.81. The third-order valence-electron chi connectivity index (χ3n) is 8.41. The van der Waals surface area contributed by atoms with Gasteiger partial charge in [0.1, 0.15) is 6.61 Å². The largest absolute Gasteiger partial charge is 0.367 e. The molecule has 0 heterocycles. The number of rotatable bonds is 10. The molecule has 0 aromatic heterocycles. The number of carbonyl (C=O) groups is 1. The second-order valence-electron chi connectivity index (χ2n) is 11.3. The van der Waals surface area contributed by atoms with Crippen molar-refractivity contribution in [2.24, 2.45) is 5.92 Å². The third kappa shape index (κ3) is 7.58. The number of benzene rings is 2. The van der Waals surface area contributed by atoms with Crippen molar-refractivity contribution in [3.63, 3.8) is 0 Å². The van der Waals surface area contributed by atoms with E-state index < -0.39 is 10.0 Å². The molecule has 2 aliphatic carbocycles. The Morgan fingerprint density at radius 1 is 0.950 bits per heavy atom. The SMILES string of the molecule is CN(C)C(c1ccccc1)C1CCC(NC(=O)COC2CCCCC2N(C)S(=O)(=O)c2ccc(Cl)c(Cl)c2)CC1. The van der Waals surface area contributed by atoms with Crippen molar-refractivity contribution in [3.8, 4) is 0 Å². The smallest absolute Gasteiger partial charge is 0.246 e. The zero-order chi connectivity index (χ0) is 28.9. The lowest BCUT2D eigenvalue weighted by atomic mass is 9.78. The van der Waals surface area contributed by atoms with Gasteiger partial charge >= 0.3 is 0 Å². The van der Waals surface area contributed by atoms with E-state index in [9.17, 15) is 13.2 Å². The quantitative estimate of drug-likeness (QED) is 0.362. The van der Waals surface area contributed by atoms with Gasteiger partial charge in [-0.2, -0.15) is 4.31 Å². The van der Waals surface area contributed by atoms with Crippen LogP contribution in [0.5, 0.6) is 0 Å². The molecule has 0 aliphatic heterocycles. The van der Waals surface area contributed by atoms with Crippen LogP contribution >= 0.6 is 23.2 Å². The summed E-state index contributed by atoms with van der Waals surface area (Å²) in [5, 5.41) is 3.65. The van der Waals surface area contributed by atoms with Crippen LogP contribution in [0.3, 0.4) is 0 Å². The molecule has 0 radical (unpaired) electrons. The van der Waals surface area contributed by atoms with Crippen LogP contribution < -0.4 is 5.32 Å². The molecular formula is C30H41Cl2N3O4S. The van der Waals surface area contributed by atoms with Gasteiger partial charge < -0.3 is 15.0 Å². The second-order valence-corrected chi connectivity index (χ2v) is 14.1. The number of hydrogen-bond donors (Lipinski definition) is 1. The highest BCUT2D eigenvalue weighted by Gasteiger charge is 2.37. The molecule has 4 rings (SSSR count). The molecule has 2 aromatic carbocycles. The lowest BCUT2D eigenvalue weighted by Crippen LogP contribution is -2.48. The maximum Gasteiger partial charge on any atom is 0.246 e. The first kappa shape index (κ1) is 31.3. The molecule has 1 N–H and O–H groups in total. The molecule has 3 atom stereocenters. The van der Waals surface area contributed by atoms with Crippen LogP contribution in [0.1, 0.15) is 63.0 Å². The fourth-order valence-corrected chi connectivity index (χ4v) is 8.14. The number of sulfonamides is 1. The predicted molar refractivity (Wildman–Crippen MR) is 160 cm³/mol. The highest BCUT2D eigenvalue weighted by atomic mass is 35.5. The van der Waals surface area contributed by atoms with Crippen molar-refractivity contribution in [1.29, 1.82) is 0 Å². The monoisotopic (exact) mass is 609 g/mol. The third-order valence-corrected chi connectivity index (χ3v) is 11.0. The van der Waals surface area contributed by atoms with E-state index in [0.29, 0.717) is 29.8 Å². The van der Waals surface area contributed by atoms with Crippen LogP contribution in [0.15, 0.2) is 53.4 Å². The Balaban J connectivity index is 1.30. The van der Waals surface area contributed by atoms with E-state index in [-0.39, 0.29) is 40.6 Å². The summed E-state index contributed by atoms with van der Waals surface area (Å²) in [4.78, 5) is 15.2. The average Bonchev–Trinajstić information content (AvgIpc) is 2.94. The number of nitrogens with one attached hydrogen (secondary N) is 1. The summed E-state index contributed by atoms with van der Waals surface area (Å²) in [6.45, 7) is -0.0773. The minimum Gasteiger partial charge on any atom is -0.367 e. The van der Waals surface area contributed by atoms with Crippen molar-refractivity contribution in [3.05, 3.63) is 64.1 Å². The molecule has 40 heavy (non-hydrogen) atoms. The Hall–Kier alpha value is -1.68. The number of carbonyl (C=O) groups excluding carboxylic acids is 1. The summed E-state index contributed by atoms with van der Waals surface area (Å²) < 4.78 is 34.1. The molecule has 2 fully saturated rings. The van der Waals surface area contributed by atoms with Gasteiger partial charge in [-0.1, -0.05) is 66.4 Å². The van der Waals surface area contributed by atoms with E-state index in [1.54, 1.807) is 7.05 Å². The molecule has 2 aromatic rings. The van der Waals surface area contributed by atoms with E-state index in [1.165, 1.54) is 28.1 Å². The average molecular weight is 611 g/mol. The number of likely N-dealkylation sites (N-methyl/N-ethyl adjacent to an activating group) is 1. The Morgan fingerprint density at radius 3 is 2.27 bits per heavy atom. The minimum atomic E-state index is -3.80. The first-order valence-corrected chi connectivity index (χ1v) is 16.3. The molecule has 220 valence electrons. The first-order chi connectivity index (χ1) is 19.1. The predicted octanol–water partition coefficient (Wildman–Crippen LogP) is 5.92. The number of nitrogens with zero attached hydrogens (tertiary/aromatic N) is 2. The Morgan fingerprint density at radius 2 is 1.62 bits per heavy atom. The van der Waals surface area contributed by atoms with Crippen molar-refractivity contribution in [1.82, 2.24) is 14.5 Å². The van der Waals surface area contributed by atoms with Gasteiger partial charge in [0, 0.05) is 19.1 Å². The summed E-state index contributed by atoms with van der Waals surface area (Å²) in [7, 11) is 2.03. The Bertz CT molecular complexity index is 1240. The summed E-state index contributed by atoms with van der Waals surface area (Å²) >= 11 is 12.1. The van der Waals surface area contributed by atoms with Crippen molar-refractivity contribution < 1.29 is 17.9 Å². The molecule has 0 saturated heterocycles. The van der Waals surface area contributed by atoms with Gasteiger partial charge in [0.05, 0.1) is 27.1 Å². The van der Waals surface area contributed by atoms with Crippen molar-refractivity contribution >= 4 is 39.1 Å². The van der Waals surface area contributed by atoms with Crippen LogP contribution in [-0.2, 0) is 19.6 Å². The lowest BCUT2D eigenvalue weighted by Gasteiger charge is -2.38. The number of ether oxygens (including phenoxy) is 1. The molecule has 0 spiro atoms. The van der Waals surface area contributed by atoms with Crippen LogP contribution in [-0.4, -0.2) is 69.5 Å². The van der Waals surface area contributed by atoms with Gasteiger partial charge in [-0.15, -0.1) is 0 Å². The van der Waals surface area contributed by atoms with Crippen LogP contribution in [0.4, 0.5) is 0 Å². The topological polar surface area (TPSA) is 79.0 Å². The van der Waals surface area contributed by atoms with Gasteiger partial charge in [-0.05, 0) is 82.3 Å².